The fourth-order valence-electron chi connectivity index (χ4n) is 2.37. The lowest BCUT2D eigenvalue weighted by Gasteiger charge is -2.31. The molecule has 2 N–H and O–H groups in total. The van der Waals surface area contributed by atoms with Crippen molar-refractivity contribution in [2.45, 2.75) is 25.3 Å². The van der Waals surface area contributed by atoms with Gasteiger partial charge < -0.3 is 15.3 Å². The zero-order valence-electron chi connectivity index (χ0n) is 8.61. The van der Waals surface area contributed by atoms with Gasteiger partial charge in [0.05, 0.1) is 5.92 Å². The molecule has 0 saturated carbocycles. The van der Waals surface area contributed by atoms with Crippen LogP contribution in [0.5, 0.6) is 0 Å². The van der Waals surface area contributed by atoms with E-state index in [2.05, 4.69) is 5.32 Å². The minimum Gasteiger partial charge on any atom is -0.481 e. The van der Waals surface area contributed by atoms with Crippen molar-refractivity contribution in [3.8, 4) is 0 Å². The molecular weight excluding hydrogens is 196 g/mol. The van der Waals surface area contributed by atoms with Crippen molar-refractivity contribution in [2.24, 2.45) is 5.92 Å². The van der Waals surface area contributed by atoms with Gasteiger partial charge in [0, 0.05) is 19.0 Å². The minimum atomic E-state index is -0.847. The Morgan fingerprint density at radius 1 is 1.40 bits per heavy atom. The number of hydrogen-bond acceptors (Lipinski definition) is 3. The van der Waals surface area contributed by atoms with E-state index in [-0.39, 0.29) is 18.4 Å². The lowest BCUT2D eigenvalue weighted by Crippen LogP contribution is -2.44. The number of carbonyl (C=O) groups is 2. The predicted octanol–water partition coefficient (Wildman–Crippen LogP) is -0.329. The van der Waals surface area contributed by atoms with Crippen LogP contribution in [0.15, 0.2) is 0 Å². The van der Waals surface area contributed by atoms with Gasteiger partial charge in [0.25, 0.3) is 0 Å². The summed E-state index contributed by atoms with van der Waals surface area (Å²) in [5.74, 6) is -1.33. The zero-order valence-corrected chi connectivity index (χ0v) is 8.61. The fraction of sp³-hybridized carbons (Fsp3) is 0.800. The summed E-state index contributed by atoms with van der Waals surface area (Å²) in [7, 11) is 0. The molecule has 2 aliphatic heterocycles. The van der Waals surface area contributed by atoms with E-state index in [1.807, 2.05) is 0 Å². The molecule has 15 heavy (non-hydrogen) atoms. The summed E-state index contributed by atoms with van der Waals surface area (Å²) in [6.45, 7) is 2.25. The first kappa shape index (κ1) is 10.4. The van der Waals surface area contributed by atoms with Gasteiger partial charge in [0.15, 0.2) is 0 Å². The Bertz CT molecular complexity index is 274. The van der Waals surface area contributed by atoms with Crippen LogP contribution in [0.1, 0.15) is 19.3 Å². The van der Waals surface area contributed by atoms with Gasteiger partial charge in [-0.15, -0.1) is 0 Å². The van der Waals surface area contributed by atoms with E-state index in [9.17, 15) is 9.59 Å². The normalized spacial score (nSPS) is 28.4. The molecule has 1 unspecified atom stereocenters. The van der Waals surface area contributed by atoms with Gasteiger partial charge in [-0.1, -0.05) is 0 Å². The summed E-state index contributed by atoms with van der Waals surface area (Å²) >= 11 is 0. The van der Waals surface area contributed by atoms with E-state index in [0.717, 1.165) is 25.9 Å². The molecule has 0 aromatic carbocycles. The van der Waals surface area contributed by atoms with Crippen molar-refractivity contribution in [3.05, 3.63) is 0 Å². The summed E-state index contributed by atoms with van der Waals surface area (Å²) in [5.41, 5.74) is 0. The monoisotopic (exact) mass is 212 g/mol. The molecule has 1 atom stereocenters. The van der Waals surface area contributed by atoms with Crippen molar-refractivity contribution < 1.29 is 14.7 Å². The third-order valence-corrected chi connectivity index (χ3v) is 3.26. The van der Waals surface area contributed by atoms with Crippen molar-refractivity contribution >= 4 is 11.9 Å². The van der Waals surface area contributed by atoms with Gasteiger partial charge in [-0.05, 0) is 25.9 Å². The SMILES string of the molecule is O=C(O)C1CC(=O)N(C2CCNCC2)C1. The van der Waals surface area contributed by atoms with Crippen LogP contribution < -0.4 is 5.32 Å². The van der Waals surface area contributed by atoms with E-state index in [0.29, 0.717) is 6.54 Å². The van der Waals surface area contributed by atoms with Crippen molar-refractivity contribution in [2.75, 3.05) is 19.6 Å². The number of aliphatic carboxylic acids is 1. The van der Waals surface area contributed by atoms with Crippen LogP contribution in [0.25, 0.3) is 0 Å². The minimum absolute atomic E-state index is 0.00861. The molecule has 2 fully saturated rings. The van der Waals surface area contributed by atoms with E-state index >= 15 is 0 Å². The van der Waals surface area contributed by atoms with Crippen LogP contribution in [0.4, 0.5) is 0 Å². The van der Waals surface area contributed by atoms with Gasteiger partial charge >= 0.3 is 5.97 Å². The maximum atomic E-state index is 11.6. The predicted molar refractivity (Wildman–Crippen MR) is 53.3 cm³/mol. The molecular formula is C10H16N2O3. The number of amides is 1. The summed E-state index contributed by atoms with van der Waals surface area (Å²) in [6.07, 6.45) is 2.06. The Morgan fingerprint density at radius 2 is 2.07 bits per heavy atom. The molecule has 0 aliphatic carbocycles. The van der Waals surface area contributed by atoms with Crippen molar-refractivity contribution in [1.82, 2.24) is 10.2 Å². The van der Waals surface area contributed by atoms with Crippen LogP contribution in [0.3, 0.4) is 0 Å². The van der Waals surface area contributed by atoms with Gasteiger partial charge in [0.1, 0.15) is 0 Å². The lowest BCUT2D eigenvalue weighted by molar-refractivity contribution is -0.141. The highest BCUT2D eigenvalue weighted by Crippen LogP contribution is 2.23. The highest BCUT2D eigenvalue weighted by Gasteiger charge is 2.37. The zero-order chi connectivity index (χ0) is 10.8. The topological polar surface area (TPSA) is 69.6 Å². The van der Waals surface area contributed by atoms with Gasteiger partial charge in [-0.2, -0.15) is 0 Å². The summed E-state index contributed by atoms with van der Waals surface area (Å²) in [4.78, 5) is 24.2. The highest BCUT2D eigenvalue weighted by atomic mass is 16.4. The van der Waals surface area contributed by atoms with Gasteiger partial charge in [0.2, 0.25) is 5.91 Å². The smallest absolute Gasteiger partial charge is 0.308 e. The lowest BCUT2D eigenvalue weighted by atomic mass is 10.1. The van der Waals surface area contributed by atoms with Crippen molar-refractivity contribution in [3.63, 3.8) is 0 Å². The molecule has 0 spiro atoms. The molecule has 2 saturated heterocycles. The van der Waals surface area contributed by atoms with E-state index < -0.39 is 11.9 Å². The third-order valence-electron chi connectivity index (χ3n) is 3.26. The number of nitrogens with zero attached hydrogens (tertiary/aromatic N) is 1. The first-order valence-corrected chi connectivity index (χ1v) is 5.41. The number of likely N-dealkylation sites (tertiary alicyclic amines) is 1. The fourth-order valence-corrected chi connectivity index (χ4v) is 2.37. The second kappa shape index (κ2) is 4.18. The quantitative estimate of drug-likeness (QED) is 0.657. The standard InChI is InChI=1S/C10H16N2O3/c13-9-5-7(10(14)15)6-12(9)8-1-3-11-4-2-8/h7-8,11H,1-6H2,(H,14,15). The third kappa shape index (κ3) is 2.12. The average molecular weight is 212 g/mol. The molecule has 0 bridgehead atoms. The maximum absolute atomic E-state index is 11.6. The maximum Gasteiger partial charge on any atom is 0.308 e. The first-order chi connectivity index (χ1) is 7.18. The Kier molecular flexibility index (Phi) is 2.90. The van der Waals surface area contributed by atoms with Crippen LogP contribution in [-0.4, -0.2) is 47.6 Å². The Hall–Kier alpha value is -1.10. The van der Waals surface area contributed by atoms with Crippen molar-refractivity contribution in [1.29, 1.82) is 0 Å². The number of nitrogens with one attached hydrogen (secondary N) is 1. The van der Waals surface area contributed by atoms with E-state index in [1.165, 1.54) is 0 Å². The number of hydrogen-bond donors (Lipinski definition) is 2. The van der Waals surface area contributed by atoms with Gasteiger partial charge in [-0.25, -0.2) is 0 Å². The number of carboxylic acids is 1. The molecule has 84 valence electrons. The van der Waals surface area contributed by atoms with Gasteiger partial charge in [-0.3, -0.25) is 9.59 Å². The number of carboxylic acid groups (broad SMARTS) is 1. The largest absolute Gasteiger partial charge is 0.481 e. The highest BCUT2D eigenvalue weighted by molar-refractivity contribution is 5.86. The number of piperidine rings is 1. The van der Waals surface area contributed by atoms with E-state index in [1.54, 1.807) is 4.90 Å². The molecule has 0 aromatic heterocycles. The Balaban J connectivity index is 1.97. The molecule has 5 nitrogen and oxygen atoms in total. The molecule has 2 aliphatic rings. The second-order valence-corrected chi connectivity index (χ2v) is 4.27. The number of rotatable bonds is 2. The van der Waals surface area contributed by atoms with Crippen LogP contribution in [-0.2, 0) is 9.59 Å². The van der Waals surface area contributed by atoms with Crippen LogP contribution >= 0.6 is 0 Å². The molecule has 0 radical (unpaired) electrons. The first-order valence-electron chi connectivity index (χ1n) is 5.41. The van der Waals surface area contributed by atoms with E-state index in [4.69, 9.17) is 5.11 Å². The summed E-state index contributed by atoms with van der Waals surface area (Å²) in [5, 5.41) is 12.1. The molecule has 5 heteroatoms. The Labute approximate surface area is 88.4 Å². The average Bonchev–Trinajstić information content (AvgIpc) is 2.62. The molecule has 0 aromatic rings. The van der Waals surface area contributed by atoms with Crippen LogP contribution in [0, 0.1) is 5.92 Å². The molecule has 2 heterocycles. The second-order valence-electron chi connectivity index (χ2n) is 4.27. The van der Waals surface area contributed by atoms with Crippen LogP contribution in [0.2, 0.25) is 0 Å². The summed E-state index contributed by atoms with van der Waals surface area (Å²) < 4.78 is 0. The molecule has 2 rings (SSSR count). The Morgan fingerprint density at radius 3 is 2.60 bits per heavy atom. The summed E-state index contributed by atoms with van der Waals surface area (Å²) in [6, 6.07) is 0.253. The number of carbonyl (C=O) groups excluding carboxylic acids is 1. The molecule has 1 amide bonds.